The largest absolute Gasteiger partial charge is 0.379 e. The molecule has 1 heterocycles. The molecule has 0 saturated carbocycles. The zero-order chi connectivity index (χ0) is 14.1. The number of hydrogen-bond donors (Lipinski definition) is 1. The highest BCUT2D eigenvalue weighted by molar-refractivity contribution is 5.01. The third kappa shape index (κ3) is 4.49. The number of ether oxygens (including phenoxy) is 1. The highest BCUT2D eigenvalue weighted by Gasteiger charge is 2.37. The summed E-state index contributed by atoms with van der Waals surface area (Å²) in [5.41, 5.74) is 0.204. The molecule has 1 fully saturated rings. The average Bonchev–Trinajstić information content (AvgIpc) is 2.46. The number of likely N-dealkylation sites (N-methyl/N-ethyl adjacent to an activating group) is 1. The van der Waals surface area contributed by atoms with Crippen molar-refractivity contribution in [3.05, 3.63) is 0 Å². The van der Waals surface area contributed by atoms with Gasteiger partial charge in [-0.2, -0.15) is 0 Å². The second-order valence-corrected chi connectivity index (χ2v) is 5.39. The van der Waals surface area contributed by atoms with E-state index < -0.39 is 0 Å². The fraction of sp³-hybridized carbons (Fsp3) is 0.875. The molecule has 1 aliphatic heterocycles. The van der Waals surface area contributed by atoms with Crippen molar-refractivity contribution in [3.63, 3.8) is 0 Å². The van der Waals surface area contributed by atoms with Crippen LogP contribution in [0.5, 0.6) is 0 Å². The Morgan fingerprint density at radius 1 is 1.32 bits per heavy atom. The Balaban J connectivity index is 2.74. The van der Waals surface area contributed by atoms with Gasteiger partial charge < -0.3 is 10.1 Å². The van der Waals surface area contributed by atoms with Gasteiger partial charge in [-0.05, 0) is 33.2 Å². The lowest BCUT2D eigenvalue weighted by Gasteiger charge is -2.48. The van der Waals surface area contributed by atoms with Crippen molar-refractivity contribution in [3.8, 4) is 11.8 Å². The van der Waals surface area contributed by atoms with E-state index in [1.54, 1.807) is 0 Å². The van der Waals surface area contributed by atoms with Crippen molar-refractivity contribution in [2.45, 2.75) is 58.5 Å². The summed E-state index contributed by atoms with van der Waals surface area (Å²) in [6.45, 7) is 13.6. The van der Waals surface area contributed by atoms with Crippen LogP contribution in [0.25, 0.3) is 0 Å². The molecule has 1 aliphatic rings. The predicted octanol–water partition coefficient (Wildman–Crippen LogP) is 2.27. The molecular weight excluding hydrogens is 236 g/mol. The third-order valence-electron chi connectivity index (χ3n) is 4.39. The van der Waals surface area contributed by atoms with Gasteiger partial charge in [0.2, 0.25) is 0 Å². The van der Waals surface area contributed by atoms with Crippen molar-refractivity contribution < 1.29 is 4.74 Å². The van der Waals surface area contributed by atoms with E-state index in [2.05, 4.69) is 42.8 Å². The standard InChI is InChI=1S/C16H30N2O/c1-5-8-9-10-15(17-7-3)16(4,6-2)18-11-13-19-14-12-18/h15,17H,6-7,9-14H2,1-4H3. The Bertz CT molecular complexity index is 302. The quantitative estimate of drug-likeness (QED) is 0.715. The summed E-state index contributed by atoms with van der Waals surface area (Å²) in [6, 6.07) is 0.501. The third-order valence-corrected chi connectivity index (χ3v) is 4.39. The second-order valence-electron chi connectivity index (χ2n) is 5.39. The summed E-state index contributed by atoms with van der Waals surface area (Å²) in [7, 11) is 0. The van der Waals surface area contributed by atoms with E-state index in [-0.39, 0.29) is 5.54 Å². The number of nitrogens with one attached hydrogen (secondary N) is 1. The highest BCUT2D eigenvalue weighted by Crippen LogP contribution is 2.27. The molecule has 0 aromatic rings. The molecule has 19 heavy (non-hydrogen) atoms. The fourth-order valence-electron chi connectivity index (χ4n) is 2.99. The van der Waals surface area contributed by atoms with Gasteiger partial charge in [0.05, 0.1) is 13.2 Å². The van der Waals surface area contributed by atoms with Crippen LogP contribution in [0, 0.1) is 11.8 Å². The first-order chi connectivity index (χ1) is 9.19. The maximum Gasteiger partial charge on any atom is 0.0594 e. The molecule has 1 saturated heterocycles. The van der Waals surface area contributed by atoms with Gasteiger partial charge in [0.1, 0.15) is 0 Å². The molecule has 0 amide bonds. The lowest BCUT2D eigenvalue weighted by Crippen LogP contribution is -2.61. The summed E-state index contributed by atoms with van der Waals surface area (Å²) in [4.78, 5) is 2.60. The van der Waals surface area contributed by atoms with Crippen LogP contribution in [0.4, 0.5) is 0 Å². The van der Waals surface area contributed by atoms with Crippen molar-refractivity contribution in [1.82, 2.24) is 10.2 Å². The zero-order valence-electron chi connectivity index (χ0n) is 13.1. The fourth-order valence-corrected chi connectivity index (χ4v) is 2.99. The SMILES string of the molecule is CC#CCCC(NCC)C(C)(CC)N1CCOCC1. The molecule has 3 heteroatoms. The number of rotatable bonds is 7. The Hall–Kier alpha value is -0.560. The van der Waals surface area contributed by atoms with Gasteiger partial charge in [0, 0.05) is 31.1 Å². The van der Waals surface area contributed by atoms with Gasteiger partial charge in [-0.25, -0.2) is 0 Å². The van der Waals surface area contributed by atoms with E-state index in [9.17, 15) is 0 Å². The van der Waals surface area contributed by atoms with Crippen molar-refractivity contribution >= 4 is 0 Å². The first-order valence-corrected chi connectivity index (χ1v) is 7.64. The van der Waals surface area contributed by atoms with Crippen LogP contribution >= 0.6 is 0 Å². The van der Waals surface area contributed by atoms with E-state index in [1.807, 2.05) is 6.92 Å². The lowest BCUT2D eigenvalue weighted by atomic mass is 9.84. The smallest absolute Gasteiger partial charge is 0.0594 e. The van der Waals surface area contributed by atoms with Crippen LogP contribution in [0.2, 0.25) is 0 Å². The molecule has 0 radical (unpaired) electrons. The summed E-state index contributed by atoms with van der Waals surface area (Å²) in [5.74, 6) is 6.21. The van der Waals surface area contributed by atoms with Gasteiger partial charge in [-0.1, -0.05) is 13.8 Å². The molecule has 0 aromatic carbocycles. The molecule has 1 rings (SSSR count). The van der Waals surface area contributed by atoms with Gasteiger partial charge >= 0.3 is 0 Å². The van der Waals surface area contributed by atoms with Gasteiger partial charge in [0.25, 0.3) is 0 Å². The van der Waals surface area contributed by atoms with Crippen LogP contribution in [0.15, 0.2) is 0 Å². The molecular formula is C16H30N2O. The van der Waals surface area contributed by atoms with Crippen molar-refractivity contribution in [1.29, 1.82) is 0 Å². The number of nitrogens with zero attached hydrogens (tertiary/aromatic N) is 1. The molecule has 110 valence electrons. The Labute approximate surface area is 119 Å². The first-order valence-electron chi connectivity index (χ1n) is 7.64. The first kappa shape index (κ1) is 16.5. The van der Waals surface area contributed by atoms with Crippen LogP contribution in [-0.4, -0.2) is 49.3 Å². The summed E-state index contributed by atoms with van der Waals surface area (Å²) in [5, 5.41) is 3.68. The van der Waals surface area contributed by atoms with Gasteiger partial charge in [-0.15, -0.1) is 11.8 Å². The normalized spacial score (nSPS) is 21.3. The summed E-state index contributed by atoms with van der Waals surface area (Å²) >= 11 is 0. The molecule has 0 aliphatic carbocycles. The van der Waals surface area contributed by atoms with Crippen LogP contribution in [0.3, 0.4) is 0 Å². The second kappa shape index (κ2) is 8.58. The highest BCUT2D eigenvalue weighted by atomic mass is 16.5. The van der Waals surface area contributed by atoms with Crippen LogP contribution in [-0.2, 0) is 4.74 Å². The van der Waals surface area contributed by atoms with Gasteiger partial charge in [-0.3, -0.25) is 4.90 Å². The molecule has 0 aromatic heterocycles. The lowest BCUT2D eigenvalue weighted by molar-refractivity contribution is -0.0330. The number of morpholine rings is 1. The zero-order valence-corrected chi connectivity index (χ0v) is 13.1. The molecule has 0 bridgehead atoms. The average molecular weight is 266 g/mol. The predicted molar refractivity (Wildman–Crippen MR) is 81.2 cm³/mol. The van der Waals surface area contributed by atoms with Gasteiger partial charge in [0.15, 0.2) is 0 Å². The monoisotopic (exact) mass is 266 g/mol. The number of hydrogen-bond acceptors (Lipinski definition) is 3. The molecule has 1 N–H and O–H groups in total. The van der Waals surface area contributed by atoms with Crippen LogP contribution in [0.1, 0.15) is 47.0 Å². The molecule has 0 spiro atoms. The summed E-state index contributed by atoms with van der Waals surface area (Å²) in [6.07, 6.45) is 3.26. The Morgan fingerprint density at radius 2 is 2.00 bits per heavy atom. The minimum absolute atomic E-state index is 0.204. The minimum Gasteiger partial charge on any atom is -0.379 e. The summed E-state index contributed by atoms with van der Waals surface area (Å²) < 4.78 is 5.49. The topological polar surface area (TPSA) is 24.5 Å². The van der Waals surface area contributed by atoms with Crippen molar-refractivity contribution in [2.75, 3.05) is 32.8 Å². The molecule has 3 nitrogen and oxygen atoms in total. The Kier molecular flexibility index (Phi) is 7.45. The van der Waals surface area contributed by atoms with E-state index in [1.165, 1.54) is 0 Å². The molecule has 2 unspecified atom stereocenters. The minimum atomic E-state index is 0.204. The Morgan fingerprint density at radius 3 is 2.53 bits per heavy atom. The van der Waals surface area contributed by atoms with E-state index in [0.717, 1.165) is 52.1 Å². The van der Waals surface area contributed by atoms with E-state index >= 15 is 0 Å². The maximum atomic E-state index is 5.49. The maximum absolute atomic E-state index is 5.49. The van der Waals surface area contributed by atoms with Crippen LogP contribution < -0.4 is 5.32 Å². The molecule has 2 atom stereocenters. The van der Waals surface area contributed by atoms with Crippen molar-refractivity contribution in [2.24, 2.45) is 0 Å². The van der Waals surface area contributed by atoms with E-state index in [4.69, 9.17) is 4.74 Å². The van der Waals surface area contributed by atoms with E-state index in [0.29, 0.717) is 6.04 Å².